The second-order valence-electron chi connectivity index (χ2n) is 7.85. The number of hydrogen-bond acceptors (Lipinski definition) is 2. The van der Waals surface area contributed by atoms with E-state index in [1.54, 1.807) is 0 Å². The van der Waals surface area contributed by atoms with Crippen LogP contribution < -0.4 is 5.32 Å². The third-order valence-corrected chi connectivity index (χ3v) is 3.92. The first-order valence-corrected chi connectivity index (χ1v) is 9.83. The second kappa shape index (κ2) is 16.3. The minimum Gasteiger partial charge on any atom is -0.396 e. The summed E-state index contributed by atoms with van der Waals surface area (Å²) in [5.74, 6) is 6.58. The molecule has 0 amide bonds. The Balaban J connectivity index is 3.15. The summed E-state index contributed by atoms with van der Waals surface area (Å²) in [5, 5.41) is 12.2. The molecule has 0 unspecified atom stereocenters. The molecular formula is C21H41NO. The fraction of sp³-hybridized carbons (Fsp3) is 0.905. The minimum atomic E-state index is 0.357. The van der Waals surface area contributed by atoms with Gasteiger partial charge in [-0.1, -0.05) is 72.1 Å². The van der Waals surface area contributed by atoms with Crippen LogP contribution in [0.5, 0.6) is 0 Å². The molecule has 0 atom stereocenters. The van der Waals surface area contributed by atoms with Gasteiger partial charge in [0, 0.05) is 32.5 Å². The van der Waals surface area contributed by atoms with Crippen LogP contribution in [0.15, 0.2) is 0 Å². The van der Waals surface area contributed by atoms with Crippen LogP contribution in [0.2, 0.25) is 0 Å². The van der Waals surface area contributed by atoms with Crippen LogP contribution >= 0.6 is 0 Å². The van der Waals surface area contributed by atoms with Crippen molar-refractivity contribution in [1.82, 2.24) is 5.32 Å². The molecule has 0 saturated heterocycles. The monoisotopic (exact) mass is 323 g/mol. The molecule has 0 heterocycles. The smallest absolute Gasteiger partial charge is 0.0431 e. The molecule has 136 valence electrons. The van der Waals surface area contributed by atoms with E-state index in [2.05, 4.69) is 37.9 Å². The lowest BCUT2D eigenvalue weighted by molar-refractivity contribution is 0.282. The van der Waals surface area contributed by atoms with Crippen molar-refractivity contribution in [2.45, 2.75) is 97.8 Å². The molecule has 23 heavy (non-hydrogen) atoms. The number of aliphatic hydroxyl groups is 1. The lowest BCUT2D eigenvalue weighted by Gasteiger charge is -2.18. The quantitative estimate of drug-likeness (QED) is 0.336. The van der Waals surface area contributed by atoms with Crippen molar-refractivity contribution in [1.29, 1.82) is 0 Å². The Kier molecular flexibility index (Phi) is 16.0. The Morgan fingerprint density at radius 1 is 0.696 bits per heavy atom. The van der Waals surface area contributed by atoms with E-state index in [4.69, 9.17) is 5.11 Å². The molecule has 0 aromatic heterocycles. The maximum atomic E-state index is 8.70. The van der Waals surface area contributed by atoms with E-state index >= 15 is 0 Å². The SMILES string of the molecule is CC(C)(C)CNCCC#CCCCCCCCCCCCCO. The normalized spacial score (nSPS) is 11.3. The number of unbranched alkanes of at least 4 members (excludes halogenated alkanes) is 10. The maximum absolute atomic E-state index is 8.70. The van der Waals surface area contributed by atoms with Crippen molar-refractivity contribution in [3.63, 3.8) is 0 Å². The Hall–Kier alpha value is -0.520. The molecule has 0 saturated carbocycles. The first-order chi connectivity index (χ1) is 11.1. The van der Waals surface area contributed by atoms with Crippen LogP contribution in [0, 0.1) is 17.3 Å². The van der Waals surface area contributed by atoms with Gasteiger partial charge in [-0.05, 0) is 18.3 Å². The van der Waals surface area contributed by atoms with Crippen molar-refractivity contribution >= 4 is 0 Å². The highest BCUT2D eigenvalue weighted by molar-refractivity contribution is 4.98. The van der Waals surface area contributed by atoms with E-state index in [0.717, 1.165) is 32.4 Å². The van der Waals surface area contributed by atoms with Crippen LogP contribution in [-0.2, 0) is 0 Å². The lowest BCUT2D eigenvalue weighted by atomic mass is 9.97. The van der Waals surface area contributed by atoms with E-state index in [-0.39, 0.29) is 0 Å². The Morgan fingerprint density at radius 2 is 1.17 bits per heavy atom. The predicted octanol–water partition coefficient (Wildman–Crippen LogP) is 5.30. The third kappa shape index (κ3) is 21.5. The summed E-state index contributed by atoms with van der Waals surface area (Å²) in [7, 11) is 0. The molecule has 0 aliphatic rings. The van der Waals surface area contributed by atoms with Gasteiger partial charge < -0.3 is 10.4 Å². The van der Waals surface area contributed by atoms with E-state index in [0.29, 0.717) is 12.0 Å². The predicted molar refractivity (Wildman–Crippen MR) is 103 cm³/mol. The highest BCUT2D eigenvalue weighted by Crippen LogP contribution is 2.11. The third-order valence-electron chi connectivity index (χ3n) is 3.92. The van der Waals surface area contributed by atoms with Crippen LogP contribution in [0.25, 0.3) is 0 Å². The molecule has 0 aliphatic heterocycles. The van der Waals surface area contributed by atoms with Crippen LogP contribution in [0.4, 0.5) is 0 Å². The topological polar surface area (TPSA) is 32.3 Å². The van der Waals surface area contributed by atoms with Gasteiger partial charge in [0.25, 0.3) is 0 Å². The zero-order valence-corrected chi connectivity index (χ0v) is 16.1. The van der Waals surface area contributed by atoms with Crippen molar-refractivity contribution in [2.24, 2.45) is 5.41 Å². The van der Waals surface area contributed by atoms with Crippen molar-refractivity contribution in [3.05, 3.63) is 0 Å². The molecule has 0 radical (unpaired) electrons. The number of rotatable bonds is 14. The van der Waals surface area contributed by atoms with Gasteiger partial charge in [-0.25, -0.2) is 0 Å². The van der Waals surface area contributed by atoms with Crippen LogP contribution in [0.1, 0.15) is 97.8 Å². The molecule has 0 spiro atoms. The van der Waals surface area contributed by atoms with Crippen molar-refractivity contribution < 1.29 is 5.11 Å². The standard InChI is InChI=1S/C21H41NO/c1-21(2,3)20-22-18-16-14-12-10-8-6-4-5-7-9-11-13-15-17-19-23/h22-23H,4-11,13,15-20H2,1-3H3. The van der Waals surface area contributed by atoms with Gasteiger partial charge in [-0.3, -0.25) is 0 Å². The van der Waals surface area contributed by atoms with E-state index in [1.165, 1.54) is 57.8 Å². The lowest BCUT2D eigenvalue weighted by Crippen LogP contribution is -2.27. The molecule has 0 rings (SSSR count). The van der Waals surface area contributed by atoms with Crippen molar-refractivity contribution in [3.8, 4) is 11.8 Å². The summed E-state index contributed by atoms with van der Waals surface area (Å²) >= 11 is 0. The molecule has 0 aromatic carbocycles. The molecule has 0 aliphatic carbocycles. The van der Waals surface area contributed by atoms with E-state index in [1.807, 2.05) is 0 Å². The van der Waals surface area contributed by atoms with Crippen LogP contribution in [0.3, 0.4) is 0 Å². The Bertz CT molecular complexity index is 295. The minimum absolute atomic E-state index is 0.357. The van der Waals surface area contributed by atoms with Crippen molar-refractivity contribution in [2.75, 3.05) is 19.7 Å². The molecule has 2 heteroatoms. The van der Waals surface area contributed by atoms with Gasteiger partial charge in [0.1, 0.15) is 0 Å². The summed E-state index contributed by atoms with van der Waals surface area (Å²) in [6.45, 7) is 9.20. The van der Waals surface area contributed by atoms with E-state index in [9.17, 15) is 0 Å². The van der Waals surface area contributed by atoms with Gasteiger partial charge >= 0.3 is 0 Å². The van der Waals surface area contributed by atoms with Gasteiger partial charge in [-0.2, -0.15) is 0 Å². The summed E-state index contributed by atoms with van der Waals surface area (Å²) < 4.78 is 0. The molecular weight excluding hydrogens is 282 g/mol. The molecule has 0 bridgehead atoms. The van der Waals surface area contributed by atoms with Gasteiger partial charge in [0.2, 0.25) is 0 Å². The van der Waals surface area contributed by atoms with Gasteiger partial charge in [0.05, 0.1) is 0 Å². The largest absolute Gasteiger partial charge is 0.396 e. The number of aliphatic hydroxyl groups excluding tert-OH is 1. The summed E-state index contributed by atoms with van der Waals surface area (Å²) in [4.78, 5) is 0. The average molecular weight is 324 g/mol. The number of hydrogen-bond donors (Lipinski definition) is 2. The summed E-state index contributed by atoms with van der Waals surface area (Å²) in [5.41, 5.74) is 0.368. The summed E-state index contributed by atoms with van der Waals surface area (Å²) in [6.07, 6.45) is 14.9. The molecule has 0 fully saturated rings. The van der Waals surface area contributed by atoms with E-state index < -0.39 is 0 Å². The highest BCUT2D eigenvalue weighted by Gasteiger charge is 2.07. The fourth-order valence-electron chi connectivity index (χ4n) is 2.53. The second-order valence-corrected chi connectivity index (χ2v) is 7.85. The zero-order chi connectivity index (χ0) is 17.2. The maximum Gasteiger partial charge on any atom is 0.0431 e. The fourth-order valence-corrected chi connectivity index (χ4v) is 2.53. The van der Waals surface area contributed by atoms with Gasteiger partial charge in [0.15, 0.2) is 0 Å². The highest BCUT2D eigenvalue weighted by atomic mass is 16.2. The number of nitrogens with one attached hydrogen (secondary N) is 1. The first-order valence-electron chi connectivity index (χ1n) is 9.83. The Labute approximate surface area is 145 Å². The Morgan fingerprint density at radius 3 is 1.70 bits per heavy atom. The molecule has 0 aromatic rings. The first kappa shape index (κ1) is 22.5. The molecule has 2 N–H and O–H groups in total. The summed E-state index contributed by atoms with van der Waals surface area (Å²) in [6, 6.07) is 0. The zero-order valence-electron chi connectivity index (χ0n) is 16.1. The average Bonchev–Trinajstić information content (AvgIpc) is 2.49. The van der Waals surface area contributed by atoms with Crippen LogP contribution in [-0.4, -0.2) is 24.8 Å². The van der Waals surface area contributed by atoms with Gasteiger partial charge in [-0.15, -0.1) is 11.8 Å². The molecule has 2 nitrogen and oxygen atoms in total.